The molecule has 0 radical (unpaired) electrons. The molecule has 0 spiro atoms. The Morgan fingerprint density at radius 3 is 3.06 bits per heavy atom. The average Bonchev–Trinajstić information content (AvgIpc) is 2.79. The third-order valence-electron chi connectivity index (χ3n) is 1.94. The molecule has 90 valence electrons. The third-order valence-corrected chi connectivity index (χ3v) is 3.64. The topological polar surface area (TPSA) is 72.2 Å². The van der Waals surface area contributed by atoms with E-state index >= 15 is 0 Å². The summed E-state index contributed by atoms with van der Waals surface area (Å²) in [7, 11) is 1.17. The van der Waals surface area contributed by atoms with Crippen molar-refractivity contribution in [3.63, 3.8) is 0 Å². The molecule has 1 aromatic carbocycles. The van der Waals surface area contributed by atoms with Gasteiger partial charge in [0.05, 0.1) is 0 Å². The van der Waals surface area contributed by atoms with Gasteiger partial charge >= 0.3 is 112 Å². The number of aromatic nitrogens is 1. The van der Waals surface area contributed by atoms with E-state index < -0.39 is 0 Å². The number of hydrogen-bond acceptors (Lipinski definition) is 7. The Labute approximate surface area is 112 Å². The SMILES string of the molecule is COc1nc2c(OC#P=O)cc(SC#N)cc2s1. The first-order valence-corrected chi connectivity index (χ1v) is 7.01. The molecule has 0 aliphatic heterocycles. The molecule has 0 bridgehead atoms. The molecule has 8 heteroatoms. The summed E-state index contributed by atoms with van der Waals surface area (Å²) in [6.07, 6.45) is 0. The summed E-state index contributed by atoms with van der Waals surface area (Å²) in [5.74, 6) is 2.60. The van der Waals surface area contributed by atoms with Crippen molar-refractivity contribution >= 4 is 41.2 Å². The molecule has 0 fully saturated rings. The standard InChI is InChI=1S/C10H5N2O3PS2/c1-14-10-12-9-7(15-5-16-13)2-6(17-4-11)3-8(9)18-10/h2-3H,1H3. The van der Waals surface area contributed by atoms with Gasteiger partial charge in [0.25, 0.3) is 0 Å². The zero-order valence-corrected chi connectivity index (χ0v) is 11.6. The molecule has 18 heavy (non-hydrogen) atoms. The summed E-state index contributed by atoms with van der Waals surface area (Å²) >= 11 is 2.35. The number of methoxy groups -OCH3 is 1. The van der Waals surface area contributed by atoms with Crippen LogP contribution in [0.3, 0.4) is 0 Å². The molecule has 1 aromatic heterocycles. The number of ether oxygens (including phenoxy) is 2. The molecule has 0 aliphatic carbocycles. The molecule has 0 amide bonds. The molecule has 0 aliphatic rings. The maximum atomic E-state index is 10.3. The van der Waals surface area contributed by atoms with Gasteiger partial charge in [0.2, 0.25) is 0 Å². The van der Waals surface area contributed by atoms with E-state index in [-0.39, 0.29) is 7.92 Å². The van der Waals surface area contributed by atoms with Gasteiger partial charge in [-0.25, -0.2) is 0 Å². The molecule has 1 heterocycles. The third kappa shape index (κ3) is 2.69. The van der Waals surface area contributed by atoms with Crippen molar-refractivity contribution in [1.82, 2.24) is 4.98 Å². The quantitative estimate of drug-likeness (QED) is 0.490. The van der Waals surface area contributed by atoms with Crippen molar-refractivity contribution in [3.8, 4) is 22.2 Å². The van der Waals surface area contributed by atoms with Gasteiger partial charge in [0, 0.05) is 0 Å². The van der Waals surface area contributed by atoms with Crippen molar-refractivity contribution in [2.24, 2.45) is 0 Å². The van der Waals surface area contributed by atoms with E-state index in [0.29, 0.717) is 16.5 Å². The predicted octanol–water partition coefficient (Wildman–Crippen LogP) is 3.47. The van der Waals surface area contributed by atoms with E-state index in [1.165, 1.54) is 18.4 Å². The fraction of sp³-hybridized carbons (Fsp3) is 0.100. The summed E-state index contributed by atoms with van der Waals surface area (Å²) in [5, 5.41) is 11.2. The van der Waals surface area contributed by atoms with Gasteiger partial charge in [-0.15, -0.1) is 0 Å². The molecule has 5 nitrogen and oxygen atoms in total. The molecule has 0 N–H and O–H groups in total. The van der Waals surface area contributed by atoms with Crippen LogP contribution in [0.1, 0.15) is 0 Å². The number of nitriles is 1. The average molecular weight is 296 g/mol. The number of fused-ring (bicyclic) bond motifs is 1. The molecular weight excluding hydrogens is 291 g/mol. The zero-order valence-electron chi connectivity index (χ0n) is 9.04. The van der Waals surface area contributed by atoms with Gasteiger partial charge in [0.15, 0.2) is 0 Å². The molecular formula is C10H5N2O3PS2. The van der Waals surface area contributed by atoms with E-state index in [0.717, 1.165) is 21.4 Å². The number of thiocyanates is 1. The van der Waals surface area contributed by atoms with Crippen LogP contribution in [0.25, 0.3) is 10.2 Å². The van der Waals surface area contributed by atoms with Crippen LogP contribution in [0.15, 0.2) is 17.0 Å². The predicted molar refractivity (Wildman–Crippen MR) is 69.8 cm³/mol. The van der Waals surface area contributed by atoms with E-state index in [1.54, 1.807) is 6.07 Å². The first-order chi connectivity index (χ1) is 8.78. The molecule has 0 unspecified atom stereocenters. The number of hydrogen-bond donors (Lipinski definition) is 0. The minimum atomic E-state index is -0.352. The molecule has 0 saturated carbocycles. The van der Waals surface area contributed by atoms with Crippen molar-refractivity contribution < 1.29 is 14.0 Å². The number of nitrogens with zero attached hydrogens (tertiary/aromatic N) is 2. The second kappa shape index (κ2) is 5.94. The number of thioether (sulfide) groups is 1. The summed E-state index contributed by atoms with van der Waals surface area (Å²) in [5.41, 5.74) is 0.593. The van der Waals surface area contributed by atoms with Crippen LogP contribution in [0.4, 0.5) is 0 Å². The van der Waals surface area contributed by atoms with Crippen LogP contribution in [0.2, 0.25) is 0 Å². The Hall–Kier alpha value is -1.44. The summed E-state index contributed by atoms with van der Waals surface area (Å²) in [6.45, 7) is 0. The van der Waals surface area contributed by atoms with Crippen LogP contribution >= 0.6 is 31.0 Å². The fourth-order valence-electron chi connectivity index (χ4n) is 1.30. The van der Waals surface area contributed by atoms with Crippen molar-refractivity contribution in [2.75, 3.05) is 7.11 Å². The molecule has 2 rings (SSSR count). The summed E-state index contributed by atoms with van der Waals surface area (Å²) in [6, 6.07) is 3.47. The Bertz CT molecular complexity index is 732. The van der Waals surface area contributed by atoms with Crippen molar-refractivity contribution in [2.45, 2.75) is 4.90 Å². The number of rotatable bonds is 3. The van der Waals surface area contributed by atoms with Crippen LogP contribution in [-0.2, 0) is 4.57 Å². The van der Waals surface area contributed by atoms with E-state index in [4.69, 9.17) is 14.7 Å². The van der Waals surface area contributed by atoms with E-state index in [1.807, 2.05) is 11.5 Å². The Morgan fingerprint density at radius 1 is 1.56 bits per heavy atom. The van der Waals surface area contributed by atoms with Crippen LogP contribution in [-0.4, -0.2) is 12.1 Å². The Kier molecular flexibility index (Phi) is 4.29. The second-order valence-corrected chi connectivity index (χ2v) is 5.15. The van der Waals surface area contributed by atoms with Crippen molar-refractivity contribution in [3.05, 3.63) is 12.1 Å². The second-order valence-electron chi connectivity index (χ2n) is 2.93. The Morgan fingerprint density at radius 2 is 2.39 bits per heavy atom. The zero-order chi connectivity index (χ0) is 13.0. The molecule has 0 atom stereocenters. The number of benzene rings is 1. The first kappa shape index (κ1) is 13.0. The van der Waals surface area contributed by atoms with Gasteiger partial charge in [-0.2, -0.15) is 0 Å². The fourth-order valence-corrected chi connectivity index (χ4v) is 2.79. The van der Waals surface area contributed by atoms with Crippen LogP contribution in [0.5, 0.6) is 10.9 Å². The van der Waals surface area contributed by atoms with Crippen LogP contribution in [0, 0.1) is 16.5 Å². The van der Waals surface area contributed by atoms with Gasteiger partial charge in [-0.1, -0.05) is 0 Å². The van der Waals surface area contributed by atoms with Crippen molar-refractivity contribution in [1.29, 1.82) is 5.26 Å². The molecule has 0 saturated heterocycles. The monoisotopic (exact) mass is 296 g/mol. The van der Waals surface area contributed by atoms with Gasteiger partial charge in [-0.05, 0) is 0 Å². The first-order valence-electron chi connectivity index (χ1n) is 4.57. The van der Waals surface area contributed by atoms with Crippen LogP contribution < -0.4 is 9.47 Å². The molecule has 2 aromatic rings. The van der Waals surface area contributed by atoms with Gasteiger partial charge < -0.3 is 0 Å². The van der Waals surface area contributed by atoms with E-state index in [9.17, 15) is 4.57 Å². The summed E-state index contributed by atoms with van der Waals surface area (Å²) < 4.78 is 21.3. The van der Waals surface area contributed by atoms with Gasteiger partial charge in [0.1, 0.15) is 0 Å². The normalized spacial score (nSPS) is 9.56. The van der Waals surface area contributed by atoms with E-state index in [2.05, 4.69) is 10.8 Å². The van der Waals surface area contributed by atoms with Gasteiger partial charge in [-0.3, -0.25) is 0 Å². The number of thiazole rings is 1. The minimum absolute atomic E-state index is 0.352. The summed E-state index contributed by atoms with van der Waals surface area (Å²) in [4.78, 5) is 4.94. The maximum absolute atomic E-state index is 10.3. The Balaban J connectivity index is 2.61.